The number of fused-ring (bicyclic) bond motifs is 1. The van der Waals surface area contributed by atoms with E-state index < -0.39 is 11.8 Å². The number of aromatic nitrogens is 1. The Morgan fingerprint density at radius 3 is 2.09 bits per heavy atom. The van der Waals surface area contributed by atoms with Gasteiger partial charge >= 0.3 is 0 Å². The molecule has 1 heterocycles. The SMILES string of the molecule is COc1ccc(C(=O)NNC(=O)c2cc(-c3ccc(Cl)cc3)nc3ccccc23)c(OC)c1OC. The third-order valence-corrected chi connectivity index (χ3v) is 5.59. The maximum Gasteiger partial charge on any atom is 0.273 e. The monoisotopic (exact) mass is 491 g/mol. The van der Waals surface area contributed by atoms with Crippen molar-refractivity contribution in [3.05, 3.63) is 82.9 Å². The molecule has 0 aliphatic carbocycles. The number of ether oxygens (including phenoxy) is 3. The molecule has 2 N–H and O–H groups in total. The molecule has 178 valence electrons. The quantitative estimate of drug-likeness (QED) is 0.381. The standard InChI is InChI=1S/C26H22ClN3O5/c1-33-22-13-12-18(23(34-2)24(22)35-3)25(31)29-30-26(32)19-14-21(15-8-10-16(27)11-9-15)28-20-7-5-4-6-17(19)20/h4-14H,1-3H3,(H,29,31)(H,30,32). The van der Waals surface area contributed by atoms with Gasteiger partial charge in [-0.2, -0.15) is 0 Å². The molecule has 3 aromatic carbocycles. The van der Waals surface area contributed by atoms with Gasteiger partial charge in [0.25, 0.3) is 11.8 Å². The zero-order valence-electron chi connectivity index (χ0n) is 19.2. The fourth-order valence-corrected chi connectivity index (χ4v) is 3.79. The van der Waals surface area contributed by atoms with Crippen molar-refractivity contribution in [3.63, 3.8) is 0 Å². The van der Waals surface area contributed by atoms with E-state index in [0.717, 1.165) is 5.56 Å². The molecule has 0 fully saturated rings. The van der Waals surface area contributed by atoms with Crippen LogP contribution in [0.2, 0.25) is 5.02 Å². The van der Waals surface area contributed by atoms with Crippen molar-refractivity contribution in [3.8, 4) is 28.5 Å². The van der Waals surface area contributed by atoms with Crippen LogP contribution in [0, 0.1) is 0 Å². The molecule has 0 atom stereocenters. The maximum atomic E-state index is 13.2. The van der Waals surface area contributed by atoms with Crippen molar-refractivity contribution in [2.45, 2.75) is 0 Å². The van der Waals surface area contributed by atoms with Gasteiger partial charge in [-0.3, -0.25) is 20.4 Å². The Kier molecular flexibility index (Phi) is 7.03. The van der Waals surface area contributed by atoms with Gasteiger partial charge in [-0.1, -0.05) is 41.9 Å². The number of carbonyl (C=O) groups excluding carboxylic acids is 2. The highest BCUT2D eigenvalue weighted by Gasteiger charge is 2.22. The van der Waals surface area contributed by atoms with Crippen LogP contribution in [0.25, 0.3) is 22.2 Å². The van der Waals surface area contributed by atoms with Gasteiger partial charge in [0.05, 0.1) is 43.7 Å². The molecule has 0 aliphatic rings. The summed E-state index contributed by atoms with van der Waals surface area (Å²) in [4.78, 5) is 30.7. The summed E-state index contributed by atoms with van der Waals surface area (Å²) in [6.07, 6.45) is 0. The Bertz CT molecular complexity index is 1410. The van der Waals surface area contributed by atoms with E-state index in [0.29, 0.717) is 32.9 Å². The molecule has 4 rings (SSSR count). The number of para-hydroxylation sites is 1. The summed E-state index contributed by atoms with van der Waals surface area (Å²) < 4.78 is 15.9. The Morgan fingerprint density at radius 2 is 1.43 bits per heavy atom. The minimum atomic E-state index is -0.590. The molecule has 0 saturated carbocycles. The second kappa shape index (κ2) is 10.3. The first kappa shape index (κ1) is 23.8. The van der Waals surface area contributed by atoms with Gasteiger partial charge in [-0.15, -0.1) is 0 Å². The average Bonchev–Trinajstić information content (AvgIpc) is 2.90. The fraction of sp³-hybridized carbons (Fsp3) is 0.115. The molecule has 35 heavy (non-hydrogen) atoms. The van der Waals surface area contributed by atoms with Gasteiger partial charge in [-0.25, -0.2) is 4.98 Å². The highest BCUT2D eigenvalue weighted by atomic mass is 35.5. The molecular formula is C26H22ClN3O5. The van der Waals surface area contributed by atoms with E-state index >= 15 is 0 Å². The van der Waals surface area contributed by atoms with Gasteiger partial charge in [0.1, 0.15) is 0 Å². The number of pyridine rings is 1. The molecule has 0 saturated heterocycles. The molecule has 2 amide bonds. The topological polar surface area (TPSA) is 98.8 Å². The summed E-state index contributed by atoms with van der Waals surface area (Å²) in [5.74, 6) is -0.248. The van der Waals surface area contributed by atoms with E-state index in [4.69, 9.17) is 25.8 Å². The highest BCUT2D eigenvalue weighted by molar-refractivity contribution is 6.30. The maximum absolute atomic E-state index is 13.2. The van der Waals surface area contributed by atoms with Crippen LogP contribution in [-0.4, -0.2) is 38.1 Å². The first-order valence-electron chi connectivity index (χ1n) is 10.5. The van der Waals surface area contributed by atoms with Crippen molar-refractivity contribution in [1.29, 1.82) is 0 Å². The normalized spacial score (nSPS) is 10.5. The van der Waals surface area contributed by atoms with Crippen LogP contribution in [-0.2, 0) is 0 Å². The minimum absolute atomic E-state index is 0.159. The zero-order chi connectivity index (χ0) is 24.9. The van der Waals surface area contributed by atoms with Crippen molar-refractivity contribution < 1.29 is 23.8 Å². The largest absolute Gasteiger partial charge is 0.493 e. The summed E-state index contributed by atoms with van der Waals surface area (Å²) in [6.45, 7) is 0. The first-order chi connectivity index (χ1) is 17.0. The molecule has 0 bridgehead atoms. The van der Waals surface area contributed by atoms with Crippen molar-refractivity contribution >= 4 is 34.3 Å². The van der Waals surface area contributed by atoms with Crippen LogP contribution in [0.5, 0.6) is 17.2 Å². The molecule has 0 spiro atoms. The van der Waals surface area contributed by atoms with Crippen molar-refractivity contribution in [2.75, 3.05) is 21.3 Å². The molecule has 9 heteroatoms. The number of amides is 2. The third-order valence-electron chi connectivity index (χ3n) is 5.34. The summed E-state index contributed by atoms with van der Waals surface area (Å²) >= 11 is 6.01. The molecule has 0 aliphatic heterocycles. The van der Waals surface area contributed by atoms with Crippen LogP contribution in [0.15, 0.2) is 66.7 Å². The highest BCUT2D eigenvalue weighted by Crippen LogP contribution is 2.39. The molecule has 4 aromatic rings. The number of hydrogen-bond acceptors (Lipinski definition) is 6. The van der Waals surface area contributed by atoms with Crippen LogP contribution in [0.4, 0.5) is 0 Å². The summed E-state index contributed by atoms with van der Waals surface area (Å²) in [5, 5.41) is 1.24. The van der Waals surface area contributed by atoms with Gasteiger partial charge < -0.3 is 14.2 Å². The summed E-state index contributed by atoms with van der Waals surface area (Å²) in [6, 6.07) is 19.2. The van der Waals surface area contributed by atoms with Crippen molar-refractivity contribution in [1.82, 2.24) is 15.8 Å². The Hall–Kier alpha value is -4.30. The van der Waals surface area contributed by atoms with E-state index in [1.54, 1.807) is 30.3 Å². The number of carbonyl (C=O) groups is 2. The predicted octanol–water partition coefficient (Wildman–Crippen LogP) is 4.66. The molecule has 0 unspecified atom stereocenters. The Balaban J connectivity index is 1.63. The Labute approximate surface area is 206 Å². The lowest BCUT2D eigenvalue weighted by atomic mass is 10.0. The minimum Gasteiger partial charge on any atom is -0.493 e. The number of hydrogen-bond donors (Lipinski definition) is 2. The second-order valence-corrected chi connectivity index (χ2v) is 7.81. The van der Waals surface area contributed by atoms with Gasteiger partial charge in [-0.05, 0) is 36.4 Å². The number of rotatable bonds is 6. The second-order valence-electron chi connectivity index (χ2n) is 7.37. The summed E-state index contributed by atoms with van der Waals surface area (Å²) in [5.41, 5.74) is 7.46. The van der Waals surface area contributed by atoms with Crippen LogP contribution in [0.3, 0.4) is 0 Å². The predicted molar refractivity (Wildman–Crippen MR) is 133 cm³/mol. The van der Waals surface area contributed by atoms with Crippen LogP contribution < -0.4 is 25.1 Å². The first-order valence-corrected chi connectivity index (χ1v) is 10.9. The van der Waals surface area contributed by atoms with E-state index in [1.807, 2.05) is 30.3 Å². The third kappa shape index (κ3) is 4.83. The number of halogens is 1. The fourth-order valence-electron chi connectivity index (χ4n) is 3.66. The number of nitrogens with one attached hydrogen (secondary N) is 2. The Morgan fingerprint density at radius 1 is 0.771 bits per heavy atom. The lowest BCUT2D eigenvalue weighted by Crippen LogP contribution is -2.41. The molecule has 1 aromatic heterocycles. The summed E-state index contributed by atoms with van der Waals surface area (Å²) in [7, 11) is 4.33. The number of benzene rings is 3. The van der Waals surface area contributed by atoms with E-state index in [9.17, 15) is 9.59 Å². The zero-order valence-corrected chi connectivity index (χ0v) is 20.0. The lowest BCUT2D eigenvalue weighted by Gasteiger charge is -2.16. The smallest absolute Gasteiger partial charge is 0.273 e. The van der Waals surface area contributed by atoms with Crippen molar-refractivity contribution in [2.24, 2.45) is 0 Å². The average molecular weight is 492 g/mol. The molecule has 0 radical (unpaired) electrons. The van der Waals surface area contributed by atoms with E-state index in [-0.39, 0.29) is 17.1 Å². The molecule has 8 nitrogen and oxygen atoms in total. The van der Waals surface area contributed by atoms with Gasteiger partial charge in [0, 0.05) is 16.0 Å². The molecular weight excluding hydrogens is 470 g/mol. The van der Waals surface area contributed by atoms with E-state index in [2.05, 4.69) is 15.8 Å². The van der Waals surface area contributed by atoms with Gasteiger partial charge in [0.15, 0.2) is 11.5 Å². The number of methoxy groups -OCH3 is 3. The van der Waals surface area contributed by atoms with Crippen LogP contribution >= 0.6 is 11.6 Å². The van der Waals surface area contributed by atoms with E-state index in [1.165, 1.54) is 27.4 Å². The lowest BCUT2D eigenvalue weighted by molar-refractivity contribution is 0.0845. The van der Waals surface area contributed by atoms with Crippen LogP contribution in [0.1, 0.15) is 20.7 Å². The van der Waals surface area contributed by atoms with Gasteiger partial charge in [0.2, 0.25) is 5.75 Å². The number of hydrazine groups is 1. The number of nitrogens with zero attached hydrogens (tertiary/aromatic N) is 1.